The Kier molecular flexibility index (Phi) is 4.01. The first-order valence-corrected chi connectivity index (χ1v) is 2.98. The molecule has 0 spiro atoms. The van der Waals surface area contributed by atoms with E-state index in [9.17, 15) is 0 Å². The van der Waals surface area contributed by atoms with Crippen LogP contribution >= 0.6 is 23.2 Å². The highest BCUT2D eigenvalue weighted by Gasteiger charge is 1.99. The molecule has 4 heteroatoms. The fraction of sp³-hybridized carbons (Fsp3) is 0.750. The lowest BCUT2D eigenvalue weighted by molar-refractivity contribution is 0.574. The SMILES string of the molecule is CN=CN(C)C(Cl)Cl. The van der Waals surface area contributed by atoms with E-state index in [1.165, 1.54) is 0 Å². The van der Waals surface area contributed by atoms with E-state index in [1.54, 1.807) is 25.3 Å². The van der Waals surface area contributed by atoms with Gasteiger partial charge in [-0.3, -0.25) is 4.99 Å². The Balaban J connectivity index is 3.47. The fourth-order valence-electron chi connectivity index (χ4n) is 0.233. The largest absolute Gasteiger partial charge is 0.337 e. The molecule has 2 nitrogen and oxygen atoms in total. The van der Waals surface area contributed by atoms with Crippen LogP contribution in [0.25, 0.3) is 0 Å². The molecule has 0 fully saturated rings. The lowest BCUT2D eigenvalue weighted by atomic mass is 10.9. The summed E-state index contributed by atoms with van der Waals surface area (Å²) in [5.74, 6) is 0. The van der Waals surface area contributed by atoms with E-state index in [4.69, 9.17) is 23.2 Å². The summed E-state index contributed by atoms with van der Waals surface area (Å²) >= 11 is 10.8. The zero-order valence-electron chi connectivity index (χ0n) is 4.81. The first-order valence-electron chi connectivity index (χ1n) is 2.11. The summed E-state index contributed by atoms with van der Waals surface area (Å²) in [6.07, 6.45) is 1.56. The van der Waals surface area contributed by atoms with Gasteiger partial charge in [0.2, 0.25) is 0 Å². The van der Waals surface area contributed by atoms with Crippen LogP contribution in [-0.4, -0.2) is 30.3 Å². The molecule has 0 heterocycles. The van der Waals surface area contributed by atoms with E-state index in [2.05, 4.69) is 4.99 Å². The van der Waals surface area contributed by atoms with Gasteiger partial charge in [0.25, 0.3) is 0 Å². The number of rotatable bonds is 2. The van der Waals surface area contributed by atoms with Gasteiger partial charge in [-0.25, -0.2) is 0 Å². The highest BCUT2D eigenvalue weighted by molar-refractivity contribution is 6.44. The molecule has 0 amide bonds. The molecule has 48 valence electrons. The van der Waals surface area contributed by atoms with Gasteiger partial charge < -0.3 is 4.90 Å². The van der Waals surface area contributed by atoms with Crippen LogP contribution < -0.4 is 0 Å². The molecule has 0 aliphatic heterocycles. The van der Waals surface area contributed by atoms with E-state index in [0.29, 0.717) is 0 Å². The summed E-state index contributed by atoms with van der Waals surface area (Å²) in [6, 6.07) is 0. The molecule has 0 unspecified atom stereocenters. The fourth-order valence-corrected chi connectivity index (χ4v) is 0.333. The lowest BCUT2D eigenvalue weighted by Crippen LogP contribution is -2.20. The predicted molar refractivity (Wildman–Crippen MR) is 37.7 cm³/mol. The van der Waals surface area contributed by atoms with Crippen LogP contribution in [0, 0.1) is 0 Å². The Labute approximate surface area is 59.1 Å². The molecule has 8 heavy (non-hydrogen) atoms. The molecular formula is C4H8Cl2N2. The molecule has 0 rings (SSSR count). The quantitative estimate of drug-likeness (QED) is 0.254. The molecule has 0 bridgehead atoms. The van der Waals surface area contributed by atoms with Crippen LogP contribution in [-0.2, 0) is 0 Å². The molecule has 0 atom stereocenters. The molecule has 0 aromatic carbocycles. The third-order valence-electron chi connectivity index (χ3n) is 0.605. The van der Waals surface area contributed by atoms with E-state index in [-0.39, 0.29) is 0 Å². The van der Waals surface area contributed by atoms with Crippen molar-refractivity contribution < 1.29 is 0 Å². The van der Waals surface area contributed by atoms with E-state index >= 15 is 0 Å². The molecule has 0 saturated carbocycles. The van der Waals surface area contributed by atoms with Crippen LogP contribution in [0.15, 0.2) is 4.99 Å². The van der Waals surface area contributed by atoms with Gasteiger partial charge >= 0.3 is 0 Å². The normalized spacial score (nSPS) is 11.1. The predicted octanol–water partition coefficient (Wildman–Crippen LogP) is 1.34. The minimum absolute atomic E-state index is 0.501. The van der Waals surface area contributed by atoms with Crippen LogP contribution in [0.3, 0.4) is 0 Å². The lowest BCUT2D eigenvalue weighted by Gasteiger charge is -2.11. The van der Waals surface area contributed by atoms with Crippen molar-refractivity contribution in [2.45, 2.75) is 4.96 Å². The molecule has 0 aromatic heterocycles. The minimum atomic E-state index is -0.501. The Morgan fingerprint density at radius 1 is 1.62 bits per heavy atom. The molecule has 0 aliphatic carbocycles. The van der Waals surface area contributed by atoms with Gasteiger partial charge in [0.1, 0.15) is 0 Å². The second-order valence-corrected chi connectivity index (χ2v) is 2.37. The van der Waals surface area contributed by atoms with Gasteiger partial charge in [-0.05, 0) is 0 Å². The van der Waals surface area contributed by atoms with E-state index < -0.39 is 4.96 Å². The summed E-state index contributed by atoms with van der Waals surface area (Å²) in [5.41, 5.74) is 0. The standard InChI is InChI=1S/C4H8Cl2N2/c1-7-3-8(2)4(5)6/h3-4H,1-2H3. The third-order valence-corrected chi connectivity index (χ3v) is 1.22. The number of hydrogen-bond acceptors (Lipinski definition) is 1. The van der Waals surface area contributed by atoms with Gasteiger partial charge in [0, 0.05) is 14.1 Å². The van der Waals surface area contributed by atoms with Crippen molar-refractivity contribution in [1.82, 2.24) is 4.90 Å². The maximum atomic E-state index is 5.41. The van der Waals surface area contributed by atoms with Gasteiger partial charge in [-0.15, -0.1) is 0 Å². The Morgan fingerprint density at radius 3 is 2.25 bits per heavy atom. The number of hydrogen-bond donors (Lipinski definition) is 0. The highest BCUT2D eigenvalue weighted by Crippen LogP contribution is 2.03. The van der Waals surface area contributed by atoms with Crippen LogP contribution in [0.4, 0.5) is 0 Å². The van der Waals surface area contributed by atoms with Gasteiger partial charge in [-0.1, -0.05) is 23.2 Å². The van der Waals surface area contributed by atoms with E-state index in [0.717, 1.165) is 0 Å². The Hall–Kier alpha value is 0.0500. The zero-order valence-corrected chi connectivity index (χ0v) is 6.32. The highest BCUT2D eigenvalue weighted by atomic mass is 35.5. The second kappa shape index (κ2) is 3.98. The molecular weight excluding hydrogens is 147 g/mol. The van der Waals surface area contributed by atoms with Crippen molar-refractivity contribution in [3.63, 3.8) is 0 Å². The minimum Gasteiger partial charge on any atom is -0.337 e. The summed E-state index contributed by atoms with van der Waals surface area (Å²) in [4.78, 5) is 4.77. The molecule has 0 N–H and O–H groups in total. The summed E-state index contributed by atoms with van der Waals surface area (Å²) in [6.45, 7) is 0. The maximum absolute atomic E-state index is 5.41. The summed E-state index contributed by atoms with van der Waals surface area (Å²) in [5, 5.41) is 0. The monoisotopic (exact) mass is 154 g/mol. The number of nitrogens with zero attached hydrogens (tertiary/aromatic N) is 2. The van der Waals surface area contributed by atoms with Gasteiger partial charge in [0.15, 0.2) is 4.96 Å². The van der Waals surface area contributed by atoms with Crippen molar-refractivity contribution in [1.29, 1.82) is 0 Å². The van der Waals surface area contributed by atoms with Crippen molar-refractivity contribution in [2.24, 2.45) is 4.99 Å². The summed E-state index contributed by atoms with van der Waals surface area (Å²) < 4.78 is 0. The number of alkyl halides is 2. The van der Waals surface area contributed by atoms with Crippen molar-refractivity contribution >= 4 is 29.5 Å². The maximum Gasteiger partial charge on any atom is 0.180 e. The molecule has 0 saturated heterocycles. The second-order valence-electron chi connectivity index (χ2n) is 1.32. The first kappa shape index (κ1) is 8.05. The van der Waals surface area contributed by atoms with Gasteiger partial charge in [0.05, 0.1) is 6.34 Å². The first-order chi connectivity index (χ1) is 3.68. The van der Waals surface area contributed by atoms with Crippen LogP contribution in [0.5, 0.6) is 0 Å². The van der Waals surface area contributed by atoms with Crippen LogP contribution in [0.1, 0.15) is 0 Å². The molecule has 0 aliphatic rings. The topological polar surface area (TPSA) is 15.6 Å². The average molecular weight is 155 g/mol. The summed E-state index contributed by atoms with van der Waals surface area (Å²) in [7, 11) is 3.41. The van der Waals surface area contributed by atoms with Gasteiger partial charge in [-0.2, -0.15) is 0 Å². The van der Waals surface area contributed by atoms with Crippen molar-refractivity contribution in [2.75, 3.05) is 14.1 Å². The molecule has 0 aromatic rings. The smallest absolute Gasteiger partial charge is 0.180 e. The van der Waals surface area contributed by atoms with Crippen molar-refractivity contribution in [3.05, 3.63) is 0 Å². The zero-order chi connectivity index (χ0) is 6.57. The third kappa shape index (κ3) is 3.10. The van der Waals surface area contributed by atoms with E-state index in [1.807, 2.05) is 0 Å². The van der Waals surface area contributed by atoms with Crippen LogP contribution in [0.2, 0.25) is 0 Å². The number of aliphatic imine (C=N–C) groups is 1. The Bertz CT molecular complexity index is 82.1. The molecule has 0 radical (unpaired) electrons. The average Bonchev–Trinajstić information content (AvgIpc) is 1.67. The van der Waals surface area contributed by atoms with Crippen molar-refractivity contribution in [3.8, 4) is 0 Å². The Morgan fingerprint density at radius 2 is 2.12 bits per heavy atom. The number of halogens is 2.